The minimum Gasteiger partial charge on any atom is -0.477 e. The van der Waals surface area contributed by atoms with Gasteiger partial charge in [0.1, 0.15) is 11.4 Å². The van der Waals surface area contributed by atoms with E-state index >= 15 is 4.39 Å². The molecule has 0 bridgehead atoms. The Morgan fingerprint density at radius 3 is 2.47 bits per heavy atom. The second-order valence-electron chi connectivity index (χ2n) is 8.26. The van der Waals surface area contributed by atoms with E-state index in [9.17, 15) is 23.5 Å². The molecule has 0 unspecified atom stereocenters. The summed E-state index contributed by atoms with van der Waals surface area (Å²) in [5, 5.41) is 15.1. The summed E-state index contributed by atoms with van der Waals surface area (Å²) in [5.74, 6) is -5.12. The topological polar surface area (TPSA) is 99.5 Å². The first-order valence-corrected chi connectivity index (χ1v) is 11.2. The highest BCUT2D eigenvalue weighted by Gasteiger charge is 2.32. The first-order valence-electron chi connectivity index (χ1n) is 10.4. The van der Waals surface area contributed by atoms with Crippen LogP contribution in [-0.4, -0.2) is 52.8 Å². The molecule has 1 aliphatic rings. The van der Waals surface area contributed by atoms with Gasteiger partial charge >= 0.3 is 5.97 Å². The van der Waals surface area contributed by atoms with Crippen molar-refractivity contribution in [1.29, 1.82) is 0 Å². The van der Waals surface area contributed by atoms with Crippen molar-refractivity contribution in [1.82, 2.24) is 14.9 Å². The molecule has 12 heteroatoms. The summed E-state index contributed by atoms with van der Waals surface area (Å²) >= 11 is 3.35. The van der Waals surface area contributed by atoms with Crippen molar-refractivity contribution < 1.29 is 23.1 Å². The number of pyridine rings is 2. The van der Waals surface area contributed by atoms with Crippen molar-refractivity contribution in [3.63, 3.8) is 0 Å². The van der Waals surface area contributed by atoms with Crippen LogP contribution in [0.15, 0.2) is 27.6 Å². The second kappa shape index (κ2) is 8.91. The molecule has 0 amide bonds. The minimum atomic E-state index is -1.58. The number of hydrogen-bond acceptors (Lipinski definition) is 6. The fraction of sp³-hybridized carbons (Fsp3) is 0.318. The molecule has 1 aromatic carbocycles. The summed E-state index contributed by atoms with van der Waals surface area (Å²) in [6.45, 7) is 4.97. The Morgan fingerprint density at radius 1 is 1.21 bits per heavy atom. The summed E-state index contributed by atoms with van der Waals surface area (Å²) in [4.78, 5) is 30.3. The predicted octanol–water partition coefficient (Wildman–Crippen LogP) is 3.49. The normalized spacial score (nSPS) is 14.1. The van der Waals surface area contributed by atoms with E-state index in [2.05, 4.69) is 31.5 Å². The molecule has 0 spiro atoms. The van der Waals surface area contributed by atoms with Gasteiger partial charge in [-0.15, -0.1) is 0 Å². The van der Waals surface area contributed by atoms with Crippen molar-refractivity contribution in [2.24, 2.45) is 0 Å². The average molecular weight is 540 g/mol. The lowest BCUT2D eigenvalue weighted by Gasteiger charge is -2.43. The number of hydrogen-bond donors (Lipinski definition) is 3. The maximum absolute atomic E-state index is 15.2. The molecule has 8 nitrogen and oxygen atoms in total. The van der Waals surface area contributed by atoms with Crippen molar-refractivity contribution >= 4 is 44.3 Å². The summed E-state index contributed by atoms with van der Waals surface area (Å²) in [6, 6.07) is 1.90. The third-order valence-electron chi connectivity index (χ3n) is 5.53. The first-order chi connectivity index (χ1) is 16.0. The van der Waals surface area contributed by atoms with E-state index in [1.54, 1.807) is 4.90 Å². The molecule has 0 radical (unpaired) electrons. The smallest absolute Gasteiger partial charge is 0.341 e. The Bertz CT molecular complexity index is 1370. The summed E-state index contributed by atoms with van der Waals surface area (Å²) < 4.78 is 45.2. The molecular formula is C22H21BrF3N5O3. The van der Waals surface area contributed by atoms with E-state index < -0.39 is 40.2 Å². The van der Waals surface area contributed by atoms with Crippen LogP contribution >= 0.6 is 15.9 Å². The number of aromatic nitrogens is 2. The lowest BCUT2D eigenvalue weighted by Crippen LogP contribution is -2.59. The number of nitrogens with zero attached hydrogens (tertiary/aromatic N) is 3. The highest BCUT2D eigenvalue weighted by Crippen LogP contribution is 2.39. The zero-order valence-electron chi connectivity index (χ0n) is 18.4. The fourth-order valence-electron chi connectivity index (χ4n) is 4.05. The first kappa shape index (κ1) is 24.0. The molecule has 3 N–H and O–H groups in total. The summed E-state index contributed by atoms with van der Waals surface area (Å²) in [5.41, 5.74) is -1.51. The van der Waals surface area contributed by atoms with Gasteiger partial charge in [0.15, 0.2) is 23.3 Å². The molecule has 180 valence electrons. The maximum Gasteiger partial charge on any atom is 0.341 e. The number of carboxylic acid groups (broad SMARTS) is 1. The van der Waals surface area contributed by atoms with Crippen LogP contribution in [0, 0.1) is 17.5 Å². The molecule has 3 aromatic rings. The van der Waals surface area contributed by atoms with Gasteiger partial charge in [-0.1, -0.05) is 13.8 Å². The Balaban J connectivity index is 2.00. The van der Waals surface area contributed by atoms with Crippen LogP contribution in [0.2, 0.25) is 0 Å². The molecular weight excluding hydrogens is 519 g/mol. The zero-order chi connectivity index (χ0) is 24.9. The van der Waals surface area contributed by atoms with Crippen LogP contribution in [0.1, 0.15) is 24.2 Å². The molecule has 0 aliphatic carbocycles. The number of benzene rings is 1. The van der Waals surface area contributed by atoms with E-state index in [1.807, 2.05) is 13.8 Å². The van der Waals surface area contributed by atoms with Gasteiger partial charge in [0.05, 0.1) is 21.1 Å². The Labute approximate surface area is 200 Å². The maximum atomic E-state index is 15.2. The molecule has 0 saturated carbocycles. The van der Waals surface area contributed by atoms with Crippen LogP contribution in [-0.2, 0) is 0 Å². The quantitative estimate of drug-likeness (QED) is 0.441. The number of carboxylic acids is 1. The van der Waals surface area contributed by atoms with Gasteiger partial charge in [-0.3, -0.25) is 9.36 Å². The number of rotatable bonds is 6. The molecule has 34 heavy (non-hydrogen) atoms. The highest BCUT2D eigenvalue weighted by molar-refractivity contribution is 9.10. The average Bonchev–Trinajstić information content (AvgIpc) is 2.72. The number of nitrogens with one attached hydrogen (secondary N) is 2. The van der Waals surface area contributed by atoms with Gasteiger partial charge in [-0.05, 0) is 22.0 Å². The van der Waals surface area contributed by atoms with Gasteiger partial charge in [-0.2, -0.15) is 0 Å². The Morgan fingerprint density at radius 2 is 1.88 bits per heavy atom. The van der Waals surface area contributed by atoms with Gasteiger partial charge in [0.2, 0.25) is 5.43 Å². The molecule has 3 heterocycles. The third kappa shape index (κ3) is 4.00. The zero-order valence-corrected chi connectivity index (χ0v) is 20.0. The van der Waals surface area contributed by atoms with Crippen LogP contribution in [0.5, 0.6) is 0 Å². The van der Waals surface area contributed by atoms with Gasteiger partial charge < -0.3 is 20.6 Å². The van der Waals surface area contributed by atoms with Gasteiger partial charge in [0.25, 0.3) is 0 Å². The molecule has 1 fully saturated rings. The lowest BCUT2D eigenvalue weighted by molar-refractivity contribution is 0.0695. The van der Waals surface area contributed by atoms with Gasteiger partial charge in [-0.25, -0.2) is 22.9 Å². The van der Waals surface area contributed by atoms with Crippen LogP contribution < -0.4 is 21.0 Å². The SMILES string of the molecule is CNc1nc(-n2cc(C(=O)O)c(=O)c3cc(F)c(N4CC(NC(C)C)C4)c(Br)c32)c(F)cc1F. The monoisotopic (exact) mass is 539 g/mol. The highest BCUT2D eigenvalue weighted by atomic mass is 79.9. The lowest BCUT2D eigenvalue weighted by atomic mass is 10.0. The van der Waals surface area contributed by atoms with E-state index in [1.165, 1.54) is 7.05 Å². The largest absolute Gasteiger partial charge is 0.477 e. The van der Waals surface area contributed by atoms with E-state index in [0.29, 0.717) is 19.2 Å². The van der Waals surface area contributed by atoms with Crippen LogP contribution in [0.4, 0.5) is 24.7 Å². The number of carbonyl (C=O) groups is 1. The number of anilines is 2. The standard InChI is InChI=1S/C22H21BrF3N5O3/c1-9(2)28-10-6-30(7-10)18-13(24)4-11-17(16(18)23)31(8-12(19(11)32)22(33)34)21-15(26)5-14(25)20(27-3)29-21/h4-5,8-10,28H,6-7H2,1-3H3,(H,27,29)(H,33,34). The molecule has 1 saturated heterocycles. The van der Waals surface area contributed by atoms with E-state index in [4.69, 9.17) is 0 Å². The third-order valence-corrected chi connectivity index (χ3v) is 6.28. The van der Waals surface area contributed by atoms with E-state index in [-0.39, 0.29) is 39.0 Å². The molecule has 1 aliphatic heterocycles. The van der Waals surface area contributed by atoms with Crippen molar-refractivity contribution in [2.75, 3.05) is 30.4 Å². The summed E-state index contributed by atoms with van der Waals surface area (Å²) in [6.07, 6.45) is 0.904. The van der Waals surface area contributed by atoms with Crippen molar-refractivity contribution in [3.05, 3.63) is 56.0 Å². The molecule has 4 rings (SSSR count). The molecule has 0 atom stereocenters. The van der Waals surface area contributed by atoms with Crippen LogP contribution in [0.3, 0.4) is 0 Å². The molecule has 2 aromatic heterocycles. The van der Waals surface area contributed by atoms with Crippen molar-refractivity contribution in [2.45, 2.75) is 25.9 Å². The Kier molecular flexibility index (Phi) is 6.30. The second-order valence-corrected chi connectivity index (χ2v) is 9.05. The summed E-state index contributed by atoms with van der Waals surface area (Å²) in [7, 11) is 1.38. The van der Waals surface area contributed by atoms with Crippen LogP contribution in [0.25, 0.3) is 16.7 Å². The van der Waals surface area contributed by atoms with Crippen molar-refractivity contribution in [3.8, 4) is 5.82 Å². The van der Waals surface area contributed by atoms with Gasteiger partial charge in [0, 0.05) is 44.5 Å². The van der Waals surface area contributed by atoms with E-state index in [0.717, 1.165) is 16.8 Å². The number of fused-ring (bicyclic) bond motifs is 1. The predicted molar refractivity (Wildman–Crippen MR) is 126 cm³/mol. The minimum absolute atomic E-state index is 0.00623. The number of halogens is 4. The number of aromatic carboxylic acids is 1. The fourth-order valence-corrected chi connectivity index (χ4v) is 4.90. The Hall–Kier alpha value is -3.12.